The number of nitrogens with one attached hydrogen (secondary N) is 1. The first-order valence-corrected chi connectivity index (χ1v) is 6.72. The Bertz CT molecular complexity index is 680. The second kappa shape index (κ2) is 7.56. The number of para-hydroxylation sites is 1. The Balaban J connectivity index is 1.91. The molecule has 5 nitrogen and oxygen atoms in total. The van der Waals surface area contributed by atoms with E-state index in [1.807, 2.05) is 24.3 Å². The molecule has 0 amide bonds. The number of nitrogens with zero attached hydrogens (tertiary/aromatic N) is 2. The lowest BCUT2D eigenvalue weighted by Crippen LogP contribution is -2.13. The highest BCUT2D eigenvalue weighted by atomic mass is 16.5. The topological polar surface area (TPSA) is 78.1 Å². The van der Waals surface area contributed by atoms with Crippen LogP contribution in [0.5, 0.6) is 11.5 Å². The zero-order valence-electron chi connectivity index (χ0n) is 12.2. The first-order chi connectivity index (χ1) is 10.8. The predicted molar refractivity (Wildman–Crippen MR) is 82.9 cm³/mol. The number of rotatable bonds is 6. The summed E-state index contributed by atoms with van der Waals surface area (Å²) in [5.74, 6) is 1.50. The summed E-state index contributed by atoms with van der Waals surface area (Å²) in [5.41, 5.74) is 1.44. The molecule has 0 heterocycles. The summed E-state index contributed by atoms with van der Waals surface area (Å²) in [6.45, 7) is 0.899. The van der Waals surface area contributed by atoms with Gasteiger partial charge in [0.05, 0.1) is 23.9 Å². The quantitative estimate of drug-likeness (QED) is 0.828. The molecule has 0 unspecified atom stereocenters. The maximum atomic E-state index is 9.08. The maximum absolute atomic E-state index is 9.08. The monoisotopic (exact) mass is 293 g/mol. The highest BCUT2D eigenvalue weighted by molar-refractivity contribution is 5.66. The molecule has 0 aliphatic carbocycles. The Morgan fingerprint density at radius 1 is 0.955 bits per heavy atom. The van der Waals surface area contributed by atoms with E-state index >= 15 is 0 Å². The van der Waals surface area contributed by atoms with Crippen LogP contribution in [0, 0.1) is 22.7 Å². The van der Waals surface area contributed by atoms with E-state index in [1.165, 1.54) is 0 Å². The molecule has 0 aromatic heterocycles. The average molecular weight is 293 g/mol. The number of hydrogen-bond acceptors (Lipinski definition) is 5. The summed E-state index contributed by atoms with van der Waals surface area (Å²) in [6.07, 6.45) is 0. The van der Waals surface area contributed by atoms with Gasteiger partial charge in [-0.3, -0.25) is 0 Å². The van der Waals surface area contributed by atoms with Crippen molar-refractivity contribution in [2.24, 2.45) is 0 Å². The van der Waals surface area contributed by atoms with Gasteiger partial charge in [-0.15, -0.1) is 0 Å². The summed E-state index contributed by atoms with van der Waals surface area (Å²) in [5, 5.41) is 21.2. The van der Waals surface area contributed by atoms with Crippen molar-refractivity contribution in [3.63, 3.8) is 0 Å². The molecule has 0 fully saturated rings. The van der Waals surface area contributed by atoms with Crippen LogP contribution in [0.2, 0.25) is 0 Å². The number of nitriles is 2. The second-order valence-electron chi connectivity index (χ2n) is 4.40. The van der Waals surface area contributed by atoms with Gasteiger partial charge in [0, 0.05) is 6.54 Å². The van der Waals surface area contributed by atoms with E-state index in [4.69, 9.17) is 20.0 Å². The zero-order chi connectivity index (χ0) is 15.8. The van der Waals surface area contributed by atoms with E-state index in [1.54, 1.807) is 25.3 Å². The van der Waals surface area contributed by atoms with Gasteiger partial charge in [-0.2, -0.15) is 10.5 Å². The Hall–Kier alpha value is -3.18. The maximum Gasteiger partial charge on any atom is 0.119 e. The number of anilines is 1. The molecule has 0 atom stereocenters. The second-order valence-corrected chi connectivity index (χ2v) is 4.40. The summed E-state index contributed by atoms with van der Waals surface area (Å²) in [4.78, 5) is 0. The van der Waals surface area contributed by atoms with E-state index < -0.39 is 0 Å². The van der Waals surface area contributed by atoms with Gasteiger partial charge in [-0.1, -0.05) is 6.07 Å². The summed E-state index contributed by atoms with van der Waals surface area (Å²) >= 11 is 0. The lowest BCUT2D eigenvalue weighted by atomic mass is 10.1. The molecule has 2 rings (SSSR count). The molecule has 0 aliphatic heterocycles. The fourth-order valence-corrected chi connectivity index (χ4v) is 1.95. The number of hydrogen-bond donors (Lipinski definition) is 1. The van der Waals surface area contributed by atoms with Crippen LogP contribution >= 0.6 is 0 Å². The van der Waals surface area contributed by atoms with E-state index in [0.717, 1.165) is 11.5 Å². The molecule has 22 heavy (non-hydrogen) atoms. The molecule has 0 saturated carbocycles. The van der Waals surface area contributed by atoms with Crippen LogP contribution in [0.3, 0.4) is 0 Å². The SMILES string of the molecule is COc1ccc(OCCNc2c(C#N)cccc2C#N)cc1. The van der Waals surface area contributed by atoms with Crippen LogP contribution in [-0.4, -0.2) is 20.3 Å². The molecular weight excluding hydrogens is 278 g/mol. The van der Waals surface area contributed by atoms with Crippen LogP contribution in [-0.2, 0) is 0 Å². The molecule has 0 bridgehead atoms. The standard InChI is InChI=1S/C17H15N3O2/c1-21-15-5-7-16(8-6-15)22-10-9-20-17-13(11-18)3-2-4-14(17)12-19/h2-8,20H,9-10H2,1H3. The first-order valence-electron chi connectivity index (χ1n) is 6.72. The minimum atomic E-state index is 0.414. The zero-order valence-corrected chi connectivity index (χ0v) is 12.2. The summed E-state index contributed by atoms with van der Waals surface area (Å²) in [6, 6.07) is 16.5. The third-order valence-electron chi connectivity index (χ3n) is 3.04. The highest BCUT2D eigenvalue weighted by Crippen LogP contribution is 2.20. The van der Waals surface area contributed by atoms with Crippen LogP contribution in [0.4, 0.5) is 5.69 Å². The Morgan fingerprint density at radius 3 is 2.09 bits per heavy atom. The average Bonchev–Trinajstić information content (AvgIpc) is 2.59. The Morgan fingerprint density at radius 2 is 1.55 bits per heavy atom. The van der Waals surface area contributed by atoms with Crippen molar-refractivity contribution in [1.29, 1.82) is 10.5 Å². The van der Waals surface area contributed by atoms with E-state index in [0.29, 0.717) is 30.0 Å². The molecule has 2 aromatic carbocycles. The van der Waals surface area contributed by atoms with Crippen molar-refractivity contribution in [3.05, 3.63) is 53.6 Å². The van der Waals surface area contributed by atoms with Crippen LogP contribution < -0.4 is 14.8 Å². The lowest BCUT2D eigenvalue weighted by Gasteiger charge is -2.11. The van der Waals surface area contributed by atoms with Gasteiger partial charge in [0.2, 0.25) is 0 Å². The third kappa shape index (κ3) is 3.68. The van der Waals surface area contributed by atoms with Crippen molar-refractivity contribution >= 4 is 5.69 Å². The Kier molecular flexibility index (Phi) is 5.23. The van der Waals surface area contributed by atoms with E-state index in [2.05, 4.69) is 17.5 Å². The number of methoxy groups -OCH3 is 1. The van der Waals surface area contributed by atoms with E-state index in [-0.39, 0.29) is 0 Å². The summed E-state index contributed by atoms with van der Waals surface area (Å²) < 4.78 is 10.7. The van der Waals surface area contributed by atoms with Gasteiger partial charge in [0.15, 0.2) is 0 Å². The molecule has 0 radical (unpaired) electrons. The van der Waals surface area contributed by atoms with Crippen LogP contribution in [0.15, 0.2) is 42.5 Å². The van der Waals surface area contributed by atoms with Crippen molar-refractivity contribution < 1.29 is 9.47 Å². The minimum Gasteiger partial charge on any atom is -0.497 e. The van der Waals surface area contributed by atoms with Crippen molar-refractivity contribution in [1.82, 2.24) is 0 Å². The first kappa shape index (κ1) is 15.2. The molecule has 110 valence electrons. The number of ether oxygens (including phenoxy) is 2. The molecule has 0 aliphatic rings. The fraction of sp³-hybridized carbons (Fsp3) is 0.176. The largest absolute Gasteiger partial charge is 0.497 e. The van der Waals surface area contributed by atoms with Gasteiger partial charge < -0.3 is 14.8 Å². The predicted octanol–water partition coefficient (Wildman–Crippen LogP) is 2.93. The molecule has 0 saturated heterocycles. The van der Waals surface area contributed by atoms with Crippen molar-refractivity contribution in [2.45, 2.75) is 0 Å². The minimum absolute atomic E-state index is 0.414. The smallest absolute Gasteiger partial charge is 0.119 e. The van der Waals surface area contributed by atoms with Crippen LogP contribution in [0.1, 0.15) is 11.1 Å². The third-order valence-corrected chi connectivity index (χ3v) is 3.04. The van der Waals surface area contributed by atoms with Crippen molar-refractivity contribution in [2.75, 3.05) is 25.6 Å². The molecule has 2 aromatic rings. The van der Waals surface area contributed by atoms with E-state index in [9.17, 15) is 0 Å². The van der Waals surface area contributed by atoms with Gasteiger partial charge in [0.25, 0.3) is 0 Å². The summed E-state index contributed by atoms with van der Waals surface area (Å²) in [7, 11) is 1.61. The molecule has 1 N–H and O–H groups in total. The van der Waals surface area contributed by atoms with Gasteiger partial charge >= 0.3 is 0 Å². The van der Waals surface area contributed by atoms with Crippen LogP contribution in [0.25, 0.3) is 0 Å². The molecular formula is C17H15N3O2. The fourth-order valence-electron chi connectivity index (χ4n) is 1.95. The van der Waals surface area contributed by atoms with Gasteiger partial charge in [-0.25, -0.2) is 0 Å². The van der Waals surface area contributed by atoms with Crippen molar-refractivity contribution in [3.8, 4) is 23.6 Å². The van der Waals surface area contributed by atoms with Gasteiger partial charge in [0.1, 0.15) is 30.2 Å². The normalized spacial score (nSPS) is 9.41. The lowest BCUT2D eigenvalue weighted by molar-refractivity contribution is 0.332. The highest BCUT2D eigenvalue weighted by Gasteiger charge is 2.07. The molecule has 5 heteroatoms. The van der Waals surface area contributed by atoms with Gasteiger partial charge in [-0.05, 0) is 36.4 Å². The Labute approximate surface area is 129 Å². The molecule has 0 spiro atoms. The number of benzene rings is 2.